The lowest BCUT2D eigenvalue weighted by atomic mass is 9.93. The predicted molar refractivity (Wildman–Crippen MR) is 165 cm³/mol. The lowest BCUT2D eigenvalue weighted by Gasteiger charge is -2.31. The number of nitrogens with zero attached hydrogens (tertiary/aromatic N) is 2. The van der Waals surface area contributed by atoms with Gasteiger partial charge in [-0.15, -0.1) is 11.3 Å². The van der Waals surface area contributed by atoms with Crippen LogP contribution in [0.3, 0.4) is 0 Å². The summed E-state index contributed by atoms with van der Waals surface area (Å²) in [6.45, 7) is 2.83. The first-order valence-corrected chi connectivity index (χ1v) is 15.8. The Morgan fingerprint density at radius 3 is 2.45 bits per heavy atom. The third-order valence-corrected chi connectivity index (χ3v) is 9.77. The zero-order chi connectivity index (χ0) is 29.4. The lowest BCUT2D eigenvalue weighted by Crippen LogP contribution is -2.61. The van der Waals surface area contributed by atoms with Crippen molar-refractivity contribution in [3.8, 4) is 6.07 Å². The van der Waals surface area contributed by atoms with E-state index in [9.17, 15) is 14.4 Å². The molecule has 0 spiro atoms. The molecule has 1 saturated heterocycles. The highest BCUT2D eigenvalue weighted by molar-refractivity contribution is 7.20. The summed E-state index contributed by atoms with van der Waals surface area (Å²) in [7, 11) is 0. The maximum absolute atomic E-state index is 13.9. The molecule has 3 N–H and O–H groups in total. The second-order valence-electron chi connectivity index (χ2n) is 11.6. The van der Waals surface area contributed by atoms with Gasteiger partial charge in [-0.05, 0) is 74.2 Å². The Kier molecular flexibility index (Phi) is 9.88. The molecule has 220 valence electrons. The van der Waals surface area contributed by atoms with E-state index in [2.05, 4.69) is 26.9 Å². The predicted octanol–water partition coefficient (Wildman–Crippen LogP) is 4.41. The molecule has 3 aromatic rings. The molecule has 3 amide bonds. The average Bonchev–Trinajstić information content (AvgIpc) is 3.66. The molecule has 1 aliphatic heterocycles. The monoisotopic (exact) mass is 585 g/mol. The van der Waals surface area contributed by atoms with Crippen molar-refractivity contribution in [2.24, 2.45) is 5.92 Å². The first kappa shape index (κ1) is 29.7. The van der Waals surface area contributed by atoms with Crippen LogP contribution in [0.5, 0.6) is 0 Å². The van der Waals surface area contributed by atoms with E-state index >= 15 is 0 Å². The minimum atomic E-state index is -1.04. The molecule has 1 aliphatic carbocycles. The van der Waals surface area contributed by atoms with Crippen molar-refractivity contribution >= 4 is 39.1 Å². The number of carbonyl (C=O) groups is 3. The number of benzene rings is 2. The van der Waals surface area contributed by atoms with Gasteiger partial charge in [0.05, 0.1) is 17.5 Å². The fourth-order valence-corrected chi connectivity index (χ4v) is 7.13. The number of hydrogen-bond acceptors (Lipinski definition) is 6. The van der Waals surface area contributed by atoms with E-state index in [1.54, 1.807) is 0 Å². The molecule has 1 atom stereocenters. The van der Waals surface area contributed by atoms with Crippen molar-refractivity contribution in [1.82, 2.24) is 20.9 Å². The van der Waals surface area contributed by atoms with E-state index in [0.717, 1.165) is 60.8 Å². The summed E-state index contributed by atoms with van der Waals surface area (Å²) < 4.78 is 1.03. The number of thiophene rings is 1. The van der Waals surface area contributed by atoms with Crippen molar-refractivity contribution in [3.63, 3.8) is 0 Å². The van der Waals surface area contributed by atoms with E-state index in [0.29, 0.717) is 43.1 Å². The van der Waals surface area contributed by atoms with Crippen LogP contribution in [-0.2, 0) is 16.0 Å². The summed E-state index contributed by atoms with van der Waals surface area (Å²) in [6.07, 6.45) is 6.02. The van der Waals surface area contributed by atoms with Crippen molar-refractivity contribution < 1.29 is 14.4 Å². The van der Waals surface area contributed by atoms with E-state index in [-0.39, 0.29) is 17.7 Å². The molecule has 1 aromatic heterocycles. The summed E-state index contributed by atoms with van der Waals surface area (Å²) in [5.41, 5.74) is -0.0857. The van der Waals surface area contributed by atoms with Crippen molar-refractivity contribution in [1.29, 1.82) is 5.26 Å². The van der Waals surface area contributed by atoms with Crippen molar-refractivity contribution in [3.05, 3.63) is 71.1 Å². The average molecular weight is 586 g/mol. The van der Waals surface area contributed by atoms with Gasteiger partial charge in [-0.3, -0.25) is 19.3 Å². The van der Waals surface area contributed by atoms with Crippen LogP contribution >= 0.6 is 11.3 Å². The van der Waals surface area contributed by atoms with Crippen LogP contribution in [-0.4, -0.2) is 60.4 Å². The first-order chi connectivity index (χ1) is 20.5. The molecule has 8 nitrogen and oxygen atoms in total. The molecule has 9 heteroatoms. The van der Waals surface area contributed by atoms with Gasteiger partial charge in [0.1, 0.15) is 11.6 Å². The molecule has 2 fully saturated rings. The van der Waals surface area contributed by atoms with Crippen LogP contribution in [0.1, 0.15) is 60.2 Å². The lowest BCUT2D eigenvalue weighted by molar-refractivity contribution is -0.132. The summed E-state index contributed by atoms with van der Waals surface area (Å²) in [6, 6.07) is 20.9. The minimum absolute atomic E-state index is 0.210. The third-order valence-electron chi connectivity index (χ3n) is 8.65. The number of carbonyl (C=O) groups excluding carboxylic acids is 3. The fourth-order valence-electron chi connectivity index (χ4n) is 6.17. The van der Waals surface area contributed by atoms with Crippen LogP contribution in [0.4, 0.5) is 0 Å². The van der Waals surface area contributed by atoms with Crippen LogP contribution < -0.4 is 16.0 Å². The number of hydrogen-bond donors (Lipinski definition) is 3. The van der Waals surface area contributed by atoms with Crippen LogP contribution in [0.25, 0.3) is 10.1 Å². The summed E-state index contributed by atoms with van der Waals surface area (Å²) in [5.74, 6) is -0.250. The normalized spacial score (nSPS) is 17.8. The van der Waals surface area contributed by atoms with Crippen LogP contribution in [0.2, 0.25) is 0 Å². The Balaban J connectivity index is 1.23. The Morgan fingerprint density at radius 2 is 1.74 bits per heavy atom. The minimum Gasteiger partial charge on any atom is -0.354 e. The number of nitrogens with one attached hydrogen (secondary N) is 3. The number of fused-ring (bicyclic) bond motifs is 1. The number of rotatable bonds is 11. The second kappa shape index (κ2) is 14.0. The van der Waals surface area contributed by atoms with Crippen LogP contribution in [0.15, 0.2) is 60.7 Å². The van der Waals surface area contributed by atoms with Gasteiger partial charge in [-0.25, -0.2) is 0 Å². The van der Waals surface area contributed by atoms with Gasteiger partial charge in [-0.1, -0.05) is 61.4 Å². The SMILES string of the molecule is N#CCN1CCC(CCNC(=O)[C@@H](Cc2ccccc2)NC(=O)C2(NC(=O)c3cc4ccccc4s3)CCCC2)CC1. The highest BCUT2D eigenvalue weighted by Crippen LogP contribution is 2.32. The van der Waals surface area contributed by atoms with Gasteiger partial charge in [-0.2, -0.15) is 5.26 Å². The second-order valence-corrected chi connectivity index (χ2v) is 12.6. The largest absolute Gasteiger partial charge is 0.354 e. The van der Waals surface area contributed by atoms with Gasteiger partial charge in [0.2, 0.25) is 11.8 Å². The molecule has 1 saturated carbocycles. The Hall–Kier alpha value is -3.74. The zero-order valence-corrected chi connectivity index (χ0v) is 24.8. The Bertz CT molecular complexity index is 1390. The molecular weight excluding hydrogens is 546 g/mol. The molecule has 0 radical (unpaired) electrons. The van der Waals surface area contributed by atoms with Crippen LogP contribution in [0, 0.1) is 17.2 Å². The summed E-state index contributed by atoms with van der Waals surface area (Å²) >= 11 is 1.42. The van der Waals surface area contributed by atoms with Crippen molar-refractivity contribution in [2.45, 2.75) is 62.9 Å². The molecule has 2 aliphatic rings. The molecule has 0 unspecified atom stereocenters. The van der Waals surface area contributed by atoms with Gasteiger partial charge < -0.3 is 16.0 Å². The maximum Gasteiger partial charge on any atom is 0.262 e. The molecular formula is C33H39N5O3S. The molecule has 42 heavy (non-hydrogen) atoms. The van der Waals surface area contributed by atoms with Gasteiger partial charge in [0.25, 0.3) is 5.91 Å². The van der Waals surface area contributed by atoms with E-state index in [4.69, 9.17) is 5.26 Å². The first-order valence-electron chi connectivity index (χ1n) is 15.0. The number of likely N-dealkylation sites (tertiary alicyclic amines) is 1. The number of piperidine rings is 1. The number of amides is 3. The smallest absolute Gasteiger partial charge is 0.262 e. The van der Waals surface area contributed by atoms with Gasteiger partial charge >= 0.3 is 0 Å². The van der Waals surface area contributed by atoms with E-state index in [1.165, 1.54) is 11.3 Å². The molecule has 2 aromatic carbocycles. The molecule has 5 rings (SSSR count). The Labute approximate surface area is 251 Å². The summed E-state index contributed by atoms with van der Waals surface area (Å²) in [4.78, 5) is 43.5. The maximum atomic E-state index is 13.9. The standard InChI is InChI=1S/C33H39N5O3S/c34-17-21-38-19-13-24(14-20-38)12-18-35-30(39)27(22-25-8-2-1-3-9-25)36-32(41)33(15-6-7-16-33)37-31(40)29-23-26-10-4-5-11-28(26)42-29/h1-5,8-11,23-24,27H,6-7,12-16,18-22H2,(H,35,39)(H,36,41)(H,37,40)/t27-/m1/s1. The zero-order valence-electron chi connectivity index (χ0n) is 23.9. The highest BCUT2D eigenvalue weighted by atomic mass is 32.1. The number of nitriles is 1. The van der Waals surface area contributed by atoms with E-state index in [1.807, 2.05) is 60.7 Å². The van der Waals surface area contributed by atoms with Gasteiger partial charge in [0.15, 0.2) is 0 Å². The Morgan fingerprint density at radius 1 is 1.02 bits per heavy atom. The van der Waals surface area contributed by atoms with E-state index < -0.39 is 11.6 Å². The highest BCUT2D eigenvalue weighted by Gasteiger charge is 2.44. The van der Waals surface area contributed by atoms with Gasteiger partial charge in [0, 0.05) is 17.7 Å². The fraction of sp³-hybridized carbons (Fsp3) is 0.455. The molecule has 0 bridgehead atoms. The summed E-state index contributed by atoms with van der Waals surface area (Å²) in [5, 5.41) is 19.1. The van der Waals surface area contributed by atoms with Crippen molar-refractivity contribution in [2.75, 3.05) is 26.2 Å². The topological polar surface area (TPSA) is 114 Å². The molecule has 2 heterocycles. The third kappa shape index (κ3) is 7.36. The quantitative estimate of drug-likeness (QED) is 0.289.